The number of carboxylic acids is 10. The first-order chi connectivity index (χ1) is 58.0. The summed E-state index contributed by atoms with van der Waals surface area (Å²) in [6.07, 6.45) is 2.53. The van der Waals surface area contributed by atoms with Crippen LogP contribution in [0.1, 0.15) is 145 Å². The summed E-state index contributed by atoms with van der Waals surface area (Å²) in [5.41, 5.74) is -10.3. The number of H-pyrrole nitrogens is 1. The molecule has 0 aliphatic carbocycles. The maximum absolute atomic E-state index is 12.2. The molecular weight excluding hydrogens is 1650 g/mol. The highest BCUT2D eigenvalue weighted by atomic mass is 16.6. The number of carboxylic acid groups (broad SMARTS) is 10. The van der Waals surface area contributed by atoms with Gasteiger partial charge in [0.25, 0.3) is 28.0 Å². The van der Waals surface area contributed by atoms with Gasteiger partial charge >= 0.3 is 65.7 Å². The van der Waals surface area contributed by atoms with Crippen molar-refractivity contribution >= 4 is 94.5 Å². The minimum Gasteiger partial charge on any atom is -0.480 e. The summed E-state index contributed by atoms with van der Waals surface area (Å²) in [5.74, 6) is -15.2. The van der Waals surface area contributed by atoms with Gasteiger partial charge in [-0.15, -0.1) is 0 Å². The van der Waals surface area contributed by atoms with Crippen LogP contribution in [0.2, 0.25) is 0 Å². The van der Waals surface area contributed by atoms with Crippen molar-refractivity contribution in [2.75, 3.05) is 81.6 Å². The molecule has 1 atom stereocenters. The number of nitrogens with zero attached hydrogens (tertiary/aromatic N) is 6. The van der Waals surface area contributed by atoms with Crippen molar-refractivity contribution < 1.29 is 137 Å². The summed E-state index contributed by atoms with van der Waals surface area (Å²) in [5, 5.41) is 106. The number of piperazine rings is 1. The molecule has 4 aromatic carbocycles. The van der Waals surface area contributed by atoms with E-state index in [1.54, 1.807) is 248 Å². The van der Waals surface area contributed by atoms with Gasteiger partial charge in [-0.1, -0.05) is 60.7 Å². The first-order valence-electron chi connectivity index (χ1n) is 39.8. The molecular formula is C88H119N9O29. The van der Waals surface area contributed by atoms with E-state index in [9.17, 15) is 113 Å². The van der Waals surface area contributed by atoms with Crippen molar-refractivity contribution in [2.24, 2.45) is 7.05 Å². The summed E-state index contributed by atoms with van der Waals surface area (Å²) in [4.78, 5) is 171. The van der Waals surface area contributed by atoms with Crippen LogP contribution in [-0.2, 0) is 120 Å². The van der Waals surface area contributed by atoms with Crippen molar-refractivity contribution in [3.05, 3.63) is 166 Å². The molecule has 2 aliphatic heterocycles. The zero-order chi connectivity index (χ0) is 95.9. The molecule has 38 heteroatoms. The molecule has 38 nitrogen and oxygen atoms in total. The smallest absolute Gasteiger partial charge is 0.348 e. The standard InChI is InChI=1S/C20H23NO6.C19H28N2O7.C19H26N2O6.C19H26N2O5.C11H16N2O5/c1-19(2,3)27-20(17(23)24,18(25)26)12-13-7-9-14(10-8-13)15-6-5-11-21(4)16(15)22;1-18(2,3)28-19(16(24)25,17(26)27)11-13-5-7-14(8-6-13)20-9-10-21(4)12-15(22)23;1-18(2,3)27-19(16(23)24,17(25)26)11-13-5-7-14(8-6-13)21-10-9-20(4)12-15(21)22;1-13(22)19(16(23)24,26-18(2,3)4)12-14-6-8-15(9-7-14)21-11-5-10-20-17(21)25;1-10(2,3)18-11(8(14)15,9(16)17)6-7-4-5-12-13-7/h5-11H,12H2,1-4H3,(H,23,24)(H,25,26);5-8,20H,9-12H2,1-4H3,(H,22,23)(H,24,25)(H,26,27);5-8H,9-12H2,1-4H3,(H,23,24)(H,25,26);6-9H,5,10-12H2,1-4H3,(H,20,25)(H,23,24);4-5H,6H2,1-3H3,(H,12,13)(H,14,15)(H,16,17). The molecule has 126 heavy (non-hydrogen) atoms. The second-order valence-corrected chi connectivity index (χ2v) is 35.1. The third kappa shape index (κ3) is 31.1. The predicted octanol–water partition coefficient (Wildman–Crippen LogP) is 7.98. The number of carbonyl (C=O) groups is 13. The number of Topliss-reactive ketones (excluding diaryl/α,β-unsaturated/α-hetero) is 1. The van der Waals surface area contributed by atoms with Crippen molar-refractivity contribution in [2.45, 2.75) is 205 Å². The maximum Gasteiger partial charge on any atom is 0.348 e. The molecule has 0 bridgehead atoms. The van der Waals surface area contributed by atoms with Crippen LogP contribution in [0.3, 0.4) is 0 Å². The summed E-state index contributed by atoms with van der Waals surface area (Å²) in [7, 11) is 5.23. The highest BCUT2D eigenvalue weighted by Crippen LogP contribution is 2.34. The van der Waals surface area contributed by atoms with Gasteiger partial charge in [0.2, 0.25) is 11.5 Å². The fourth-order valence-electron chi connectivity index (χ4n) is 13.0. The number of aromatic nitrogens is 3. The number of hydrogen-bond donors (Lipinski definition) is 13. The molecule has 2 aromatic heterocycles. The zero-order valence-corrected chi connectivity index (χ0v) is 74.4. The van der Waals surface area contributed by atoms with Gasteiger partial charge in [0, 0.05) is 119 Å². The highest BCUT2D eigenvalue weighted by molar-refractivity contribution is 6.07. The molecule has 1 unspecified atom stereocenters. The number of likely N-dealkylation sites (N-methyl/N-ethyl adjacent to an activating group) is 2. The maximum atomic E-state index is 12.2. The zero-order valence-electron chi connectivity index (χ0n) is 74.4. The van der Waals surface area contributed by atoms with Crippen LogP contribution < -0.4 is 26.0 Å². The Morgan fingerprint density at radius 1 is 0.452 bits per heavy atom. The monoisotopic (exact) mass is 1770 g/mol. The third-order valence-corrected chi connectivity index (χ3v) is 18.4. The van der Waals surface area contributed by atoms with Gasteiger partial charge in [-0.05, 0) is 214 Å². The number of aromatic amines is 1. The van der Waals surface area contributed by atoms with Gasteiger partial charge in [0.15, 0.2) is 5.78 Å². The topological polar surface area (TPSA) is 558 Å². The number of hydrogen-bond acceptors (Lipinski definition) is 23. The quantitative estimate of drug-likeness (QED) is 0.0170. The Labute approximate surface area is 729 Å². The van der Waals surface area contributed by atoms with E-state index in [1.807, 2.05) is 11.9 Å². The number of aliphatic carboxylic acids is 10. The Morgan fingerprint density at radius 3 is 1.15 bits per heavy atom. The number of anilines is 3. The Bertz CT molecular complexity index is 4770. The Hall–Kier alpha value is -12.3. The number of pyridine rings is 1. The van der Waals surface area contributed by atoms with Gasteiger partial charge < -0.3 is 94.9 Å². The number of rotatable bonds is 34. The number of nitrogens with one attached hydrogen (secondary N) is 3. The van der Waals surface area contributed by atoms with Crippen LogP contribution in [0.5, 0.6) is 0 Å². The second-order valence-electron chi connectivity index (χ2n) is 35.1. The van der Waals surface area contributed by atoms with E-state index in [-0.39, 0.29) is 56.1 Å². The number of benzene rings is 4. The fourth-order valence-corrected chi connectivity index (χ4v) is 13.0. The number of aryl methyl sites for hydroxylation is 1. The number of amides is 3. The van der Waals surface area contributed by atoms with Crippen molar-refractivity contribution in [1.29, 1.82) is 0 Å². The third-order valence-electron chi connectivity index (χ3n) is 18.4. The van der Waals surface area contributed by atoms with Gasteiger partial charge in [-0.2, -0.15) is 5.10 Å². The van der Waals surface area contributed by atoms with E-state index in [0.29, 0.717) is 84.0 Å². The van der Waals surface area contributed by atoms with Gasteiger partial charge in [0.05, 0.1) is 41.1 Å². The molecule has 6 aromatic rings. The summed E-state index contributed by atoms with van der Waals surface area (Å²) < 4.78 is 28.8. The van der Waals surface area contributed by atoms with Crippen LogP contribution in [0.25, 0.3) is 11.1 Å². The molecule has 2 aliphatic rings. The van der Waals surface area contributed by atoms with E-state index in [4.69, 9.17) is 28.8 Å². The molecule has 0 radical (unpaired) electrons. The van der Waals surface area contributed by atoms with E-state index >= 15 is 0 Å². The number of ketones is 1. The normalized spacial score (nSPS) is 14.1. The lowest BCUT2D eigenvalue weighted by molar-refractivity contribution is -0.200. The van der Waals surface area contributed by atoms with Crippen LogP contribution in [0.15, 0.2) is 132 Å². The molecule has 0 spiro atoms. The highest BCUT2D eigenvalue weighted by Gasteiger charge is 2.55. The van der Waals surface area contributed by atoms with Crippen LogP contribution in [-0.4, -0.2) is 276 Å². The first kappa shape index (κ1) is 106. The number of carbonyl (C=O) groups excluding carboxylic acids is 3. The number of ether oxygens (including phenoxy) is 5. The minimum atomic E-state index is -2.40. The molecule has 4 heterocycles. The summed E-state index contributed by atoms with van der Waals surface area (Å²) >= 11 is 0. The average Bonchev–Trinajstić information content (AvgIpc) is 1.39. The summed E-state index contributed by atoms with van der Waals surface area (Å²) in [6, 6.07) is 31.6. The van der Waals surface area contributed by atoms with Crippen molar-refractivity contribution in [1.82, 2.24) is 29.9 Å². The molecule has 0 saturated carbocycles. The molecule has 690 valence electrons. The number of urea groups is 1. The lowest BCUT2D eigenvalue weighted by atomic mass is 9.89. The largest absolute Gasteiger partial charge is 0.480 e. The van der Waals surface area contributed by atoms with Crippen LogP contribution in [0, 0.1) is 0 Å². The average molecular weight is 1770 g/mol. The second kappa shape index (κ2) is 44.0. The molecule has 3 amide bonds. The minimum absolute atomic E-state index is 0.0158. The predicted molar refractivity (Wildman–Crippen MR) is 460 cm³/mol. The van der Waals surface area contributed by atoms with Crippen molar-refractivity contribution in [3.63, 3.8) is 0 Å². The van der Waals surface area contributed by atoms with Crippen LogP contribution >= 0.6 is 0 Å². The molecule has 2 saturated heterocycles. The fraction of sp³-hybridized carbons (Fsp3) is 0.489. The Kier molecular flexibility index (Phi) is 37.0. The van der Waals surface area contributed by atoms with Crippen molar-refractivity contribution in [3.8, 4) is 11.1 Å². The van der Waals surface area contributed by atoms with Gasteiger partial charge in [0.1, 0.15) is 0 Å². The SMILES string of the molecule is CC(=O)C(Cc1ccc(N2CCCNC2=O)cc1)(OC(C)(C)C)C(=O)O.CC(C)(C)OC(Cc1ccn[nH]1)(C(=O)O)C(=O)O.CN(CCNc1ccc(CC(OC(C)(C)C)(C(=O)O)C(=O)O)cc1)CC(=O)O.CN1CCN(c2ccc(CC(OC(C)(C)C)(C(=O)O)C(=O)O)cc2)C(=O)C1.Cn1cccc(-c2ccc(CC(OC(C)(C)C)(C(=O)O)C(=O)O)cc2)c1=O. The van der Waals surface area contributed by atoms with Gasteiger partial charge in [-0.3, -0.25) is 39.0 Å². The van der Waals surface area contributed by atoms with E-state index in [0.717, 1.165) is 24.3 Å². The molecule has 2 fully saturated rings. The van der Waals surface area contributed by atoms with E-state index in [2.05, 4.69) is 20.8 Å². The van der Waals surface area contributed by atoms with Gasteiger partial charge in [-0.25, -0.2) is 47.9 Å². The first-order valence-corrected chi connectivity index (χ1v) is 39.8. The van der Waals surface area contributed by atoms with E-state index < -0.39 is 121 Å². The van der Waals surface area contributed by atoms with Crippen LogP contribution in [0.4, 0.5) is 21.9 Å². The Morgan fingerprint density at radius 2 is 0.810 bits per heavy atom. The molecule has 8 rings (SSSR count). The van der Waals surface area contributed by atoms with E-state index in [1.165, 1.54) is 23.8 Å². The molecule has 13 N–H and O–H groups in total. The lowest BCUT2D eigenvalue weighted by Crippen LogP contribution is -2.54. The lowest BCUT2D eigenvalue weighted by Gasteiger charge is -2.34. The Balaban J connectivity index is 0.000000332. The summed E-state index contributed by atoms with van der Waals surface area (Å²) in [6.45, 7) is 29.5.